The van der Waals surface area contributed by atoms with Gasteiger partial charge in [0.15, 0.2) is 0 Å². The van der Waals surface area contributed by atoms with Crippen molar-refractivity contribution in [3.05, 3.63) is 0 Å². The van der Waals surface area contributed by atoms with E-state index in [9.17, 15) is 9.90 Å². The third kappa shape index (κ3) is 3.20. The Morgan fingerprint density at radius 2 is 2.20 bits per heavy atom. The monoisotopic (exact) mass is 213 g/mol. The zero-order valence-electron chi connectivity index (χ0n) is 10.1. The van der Waals surface area contributed by atoms with E-state index in [1.54, 1.807) is 6.92 Å². The summed E-state index contributed by atoms with van der Waals surface area (Å²) >= 11 is 0. The molecule has 3 nitrogen and oxygen atoms in total. The van der Waals surface area contributed by atoms with Crippen molar-refractivity contribution in [2.45, 2.75) is 58.6 Å². The van der Waals surface area contributed by atoms with E-state index in [1.807, 2.05) is 18.7 Å². The molecule has 1 fully saturated rings. The molecule has 3 unspecified atom stereocenters. The van der Waals surface area contributed by atoms with Gasteiger partial charge in [-0.25, -0.2) is 0 Å². The van der Waals surface area contributed by atoms with Crippen molar-refractivity contribution in [3.8, 4) is 0 Å². The summed E-state index contributed by atoms with van der Waals surface area (Å²) in [5, 5.41) is 9.37. The van der Waals surface area contributed by atoms with Gasteiger partial charge in [0.05, 0.1) is 6.10 Å². The summed E-state index contributed by atoms with van der Waals surface area (Å²) in [4.78, 5) is 14.0. The SMILES string of the molecule is CCC(C)C(=O)N1CCCC1CC(C)O. The lowest BCUT2D eigenvalue weighted by molar-refractivity contribution is -0.136. The van der Waals surface area contributed by atoms with Crippen molar-refractivity contribution in [1.82, 2.24) is 4.90 Å². The largest absolute Gasteiger partial charge is 0.393 e. The van der Waals surface area contributed by atoms with Gasteiger partial charge in [0.1, 0.15) is 0 Å². The highest BCUT2D eigenvalue weighted by molar-refractivity contribution is 5.79. The van der Waals surface area contributed by atoms with Gasteiger partial charge in [-0.2, -0.15) is 0 Å². The molecular formula is C12H23NO2. The Hall–Kier alpha value is -0.570. The molecule has 0 aromatic rings. The van der Waals surface area contributed by atoms with Crippen LogP contribution in [0, 0.1) is 5.92 Å². The smallest absolute Gasteiger partial charge is 0.225 e. The maximum Gasteiger partial charge on any atom is 0.225 e. The number of carbonyl (C=O) groups is 1. The van der Waals surface area contributed by atoms with Gasteiger partial charge >= 0.3 is 0 Å². The fraction of sp³-hybridized carbons (Fsp3) is 0.917. The predicted molar refractivity (Wildman–Crippen MR) is 60.5 cm³/mol. The van der Waals surface area contributed by atoms with Gasteiger partial charge in [0.25, 0.3) is 0 Å². The molecule has 0 aromatic heterocycles. The molecule has 1 rings (SSSR count). The molecule has 0 aromatic carbocycles. The molecule has 88 valence electrons. The van der Waals surface area contributed by atoms with Crippen LogP contribution in [0.2, 0.25) is 0 Å². The van der Waals surface area contributed by atoms with Crippen LogP contribution in [0.1, 0.15) is 46.5 Å². The van der Waals surface area contributed by atoms with Gasteiger partial charge in [0.2, 0.25) is 5.91 Å². The summed E-state index contributed by atoms with van der Waals surface area (Å²) in [7, 11) is 0. The number of aliphatic hydroxyl groups is 1. The first kappa shape index (κ1) is 12.5. The minimum Gasteiger partial charge on any atom is -0.393 e. The summed E-state index contributed by atoms with van der Waals surface area (Å²) < 4.78 is 0. The molecule has 1 aliphatic heterocycles. The van der Waals surface area contributed by atoms with Crippen LogP contribution in [0.25, 0.3) is 0 Å². The molecular weight excluding hydrogens is 190 g/mol. The fourth-order valence-electron chi connectivity index (χ4n) is 2.22. The lowest BCUT2D eigenvalue weighted by atomic mass is 10.0. The highest BCUT2D eigenvalue weighted by Crippen LogP contribution is 2.24. The van der Waals surface area contributed by atoms with Gasteiger partial charge in [-0.05, 0) is 32.6 Å². The third-order valence-corrected chi connectivity index (χ3v) is 3.31. The molecule has 1 N–H and O–H groups in total. The first-order valence-electron chi connectivity index (χ1n) is 6.04. The van der Waals surface area contributed by atoms with Gasteiger partial charge in [-0.1, -0.05) is 13.8 Å². The summed E-state index contributed by atoms with van der Waals surface area (Å²) in [6.45, 7) is 6.70. The maximum absolute atomic E-state index is 12.0. The van der Waals surface area contributed by atoms with Crippen LogP contribution >= 0.6 is 0 Å². The number of hydrogen-bond acceptors (Lipinski definition) is 2. The number of hydrogen-bond donors (Lipinski definition) is 1. The third-order valence-electron chi connectivity index (χ3n) is 3.31. The second-order valence-electron chi connectivity index (χ2n) is 4.72. The van der Waals surface area contributed by atoms with E-state index < -0.39 is 0 Å². The lowest BCUT2D eigenvalue weighted by Crippen LogP contribution is -2.40. The van der Waals surface area contributed by atoms with Crippen molar-refractivity contribution < 1.29 is 9.90 Å². The highest BCUT2D eigenvalue weighted by atomic mass is 16.3. The molecule has 1 aliphatic rings. The molecule has 3 heteroatoms. The first-order chi connectivity index (χ1) is 7.06. The Balaban J connectivity index is 2.55. The molecule has 0 bridgehead atoms. The Morgan fingerprint density at radius 3 is 2.73 bits per heavy atom. The predicted octanol–water partition coefficient (Wildman–Crippen LogP) is 1.79. The average molecular weight is 213 g/mol. The Morgan fingerprint density at radius 1 is 1.53 bits per heavy atom. The number of likely N-dealkylation sites (tertiary alicyclic amines) is 1. The van der Waals surface area contributed by atoms with E-state index in [1.165, 1.54) is 0 Å². The maximum atomic E-state index is 12.0. The van der Waals surface area contributed by atoms with Crippen LogP contribution in [0.4, 0.5) is 0 Å². The van der Waals surface area contributed by atoms with Crippen molar-refractivity contribution in [2.75, 3.05) is 6.54 Å². The lowest BCUT2D eigenvalue weighted by Gasteiger charge is -2.28. The number of nitrogens with zero attached hydrogens (tertiary/aromatic N) is 1. The van der Waals surface area contributed by atoms with E-state index >= 15 is 0 Å². The Kier molecular flexibility index (Phi) is 4.58. The van der Waals surface area contributed by atoms with Gasteiger partial charge < -0.3 is 10.0 Å². The van der Waals surface area contributed by atoms with Crippen LogP contribution in [-0.4, -0.2) is 34.6 Å². The zero-order valence-corrected chi connectivity index (χ0v) is 10.1. The van der Waals surface area contributed by atoms with E-state index in [4.69, 9.17) is 0 Å². The van der Waals surface area contributed by atoms with E-state index in [-0.39, 0.29) is 24.0 Å². The van der Waals surface area contributed by atoms with Crippen LogP contribution in [0.3, 0.4) is 0 Å². The molecule has 0 spiro atoms. The fourth-order valence-corrected chi connectivity index (χ4v) is 2.22. The summed E-state index contributed by atoms with van der Waals surface area (Å²) in [6.07, 6.45) is 3.45. The highest BCUT2D eigenvalue weighted by Gasteiger charge is 2.31. The molecule has 1 amide bonds. The molecule has 15 heavy (non-hydrogen) atoms. The van der Waals surface area contributed by atoms with Crippen LogP contribution in [0.15, 0.2) is 0 Å². The van der Waals surface area contributed by atoms with Crippen LogP contribution in [0.5, 0.6) is 0 Å². The van der Waals surface area contributed by atoms with Gasteiger partial charge in [0, 0.05) is 18.5 Å². The number of carbonyl (C=O) groups excluding carboxylic acids is 1. The van der Waals surface area contributed by atoms with Crippen molar-refractivity contribution in [3.63, 3.8) is 0 Å². The van der Waals surface area contributed by atoms with Crippen molar-refractivity contribution >= 4 is 5.91 Å². The van der Waals surface area contributed by atoms with E-state index in [0.717, 1.165) is 32.2 Å². The number of rotatable bonds is 4. The molecule has 1 saturated heterocycles. The van der Waals surface area contributed by atoms with Crippen LogP contribution in [-0.2, 0) is 4.79 Å². The molecule has 0 radical (unpaired) electrons. The summed E-state index contributed by atoms with van der Waals surface area (Å²) in [6, 6.07) is 0.270. The quantitative estimate of drug-likeness (QED) is 0.773. The topological polar surface area (TPSA) is 40.5 Å². The summed E-state index contributed by atoms with van der Waals surface area (Å²) in [5.74, 6) is 0.389. The first-order valence-corrected chi connectivity index (χ1v) is 6.04. The number of aliphatic hydroxyl groups excluding tert-OH is 1. The van der Waals surface area contributed by atoms with E-state index in [2.05, 4.69) is 0 Å². The molecule has 0 aliphatic carbocycles. The molecule has 3 atom stereocenters. The number of amides is 1. The Bertz CT molecular complexity index is 216. The normalized spacial score (nSPS) is 25.3. The standard InChI is InChI=1S/C12H23NO2/c1-4-9(2)12(15)13-7-5-6-11(13)8-10(3)14/h9-11,14H,4-8H2,1-3H3. The minimum atomic E-state index is -0.305. The summed E-state index contributed by atoms with van der Waals surface area (Å²) in [5.41, 5.74) is 0. The van der Waals surface area contributed by atoms with Crippen molar-refractivity contribution in [2.24, 2.45) is 5.92 Å². The molecule has 0 saturated carbocycles. The zero-order chi connectivity index (χ0) is 11.4. The Labute approximate surface area is 92.5 Å². The average Bonchev–Trinajstić information content (AvgIpc) is 2.62. The molecule has 1 heterocycles. The van der Waals surface area contributed by atoms with Crippen LogP contribution < -0.4 is 0 Å². The van der Waals surface area contributed by atoms with Gasteiger partial charge in [-0.15, -0.1) is 0 Å². The second kappa shape index (κ2) is 5.50. The van der Waals surface area contributed by atoms with Crippen molar-refractivity contribution in [1.29, 1.82) is 0 Å². The minimum absolute atomic E-state index is 0.125. The van der Waals surface area contributed by atoms with E-state index in [0.29, 0.717) is 0 Å². The second-order valence-corrected chi connectivity index (χ2v) is 4.72. The van der Waals surface area contributed by atoms with Gasteiger partial charge in [-0.3, -0.25) is 4.79 Å².